The first-order valence-electron chi connectivity index (χ1n) is 14.6. The van der Waals surface area contributed by atoms with E-state index < -0.39 is 0 Å². The quantitative estimate of drug-likeness (QED) is 0.107. The van der Waals surface area contributed by atoms with Gasteiger partial charge in [-0.15, -0.1) is 96.1 Å². The van der Waals surface area contributed by atoms with E-state index in [0.29, 0.717) is 5.89 Å². The van der Waals surface area contributed by atoms with Crippen LogP contribution in [0.2, 0.25) is 0 Å². The number of carbonyl (C=O) groups is 1. The third-order valence-corrected chi connectivity index (χ3v) is 6.01. The zero-order valence-corrected chi connectivity index (χ0v) is 34.0. The van der Waals surface area contributed by atoms with E-state index in [-0.39, 0.29) is 77.7 Å². The van der Waals surface area contributed by atoms with Gasteiger partial charge in [-0.05, 0) is 49.5 Å². The van der Waals surface area contributed by atoms with Crippen LogP contribution in [0.1, 0.15) is 13.8 Å². The molecule has 3 radical (unpaired) electrons. The summed E-state index contributed by atoms with van der Waals surface area (Å²) in [6, 6.07) is 48.1. The van der Waals surface area contributed by atoms with Crippen molar-refractivity contribution < 1.29 is 79.0 Å². The third kappa shape index (κ3) is 15.1. The van der Waals surface area contributed by atoms with Crippen molar-refractivity contribution in [1.82, 2.24) is 15.0 Å². The zero-order chi connectivity index (χ0) is 33.3. The standard InChI is InChI=1S/C13H8NO.C11H7FN.C11H8N.C5H8O2.3Ir/c1-2-6-10(7-3-1)13-14-11-8-4-5-9-12(11)15-13;12-10-6-4-9(5-7-10)11-3-1-2-8-13-11;1-2-6-10(7-3-1)11-8-4-5-9-12-11;1-4(6)3-5(2)7;;;/h1-6,8-9H;1-4,6-8H;1-6,8-9H;3,6H,1-2H3;;;/q3*-1;;;;. The van der Waals surface area contributed by atoms with E-state index in [9.17, 15) is 9.18 Å². The number of fused-ring (bicyclic) bond motifs is 1. The van der Waals surface area contributed by atoms with Crippen LogP contribution in [0.3, 0.4) is 0 Å². The Balaban J connectivity index is 0.000000336. The molecule has 0 spiro atoms. The number of nitrogens with zero attached hydrogens (tertiary/aromatic N) is 3. The van der Waals surface area contributed by atoms with Gasteiger partial charge < -0.3 is 19.5 Å². The largest absolute Gasteiger partial charge is 0.512 e. The molecule has 1 N–H and O–H groups in total. The van der Waals surface area contributed by atoms with Crippen LogP contribution in [0.5, 0.6) is 0 Å². The van der Waals surface area contributed by atoms with Gasteiger partial charge in [0.25, 0.3) is 0 Å². The number of aliphatic hydroxyl groups is 1. The fraction of sp³-hybridized carbons (Fsp3) is 0.0500. The normalized spacial score (nSPS) is 9.70. The SMILES string of the molecule is CC(=O)C=C(C)O.Fc1c[c-]c(-c2ccccn2)cc1.[Ir].[Ir].[Ir].[c-]1ccccc1-c1ccccn1.[c-]1ccccc1-c1nc2ccccc2o1. The Kier molecular flexibility index (Phi) is 21.0. The summed E-state index contributed by atoms with van der Waals surface area (Å²) < 4.78 is 18.2. The second-order valence-corrected chi connectivity index (χ2v) is 9.79. The summed E-state index contributed by atoms with van der Waals surface area (Å²) in [7, 11) is 0. The Morgan fingerprint density at radius 1 is 0.680 bits per heavy atom. The van der Waals surface area contributed by atoms with E-state index in [2.05, 4.69) is 33.2 Å². The molecule has 0 bridgehead atoms. The van der Waals surface area contributed by atoms with Gasteiger partial charge in [-0.3, -0.25) is 14.2 Å². The van der Waals surface area contributed by atoms with Crippen molar-refractivity contribution in [2.24, 2.45) is 0 Å². The molecule has 3 aromatic heterocycles. The molecular weight excluding hydrogens is 1170 g/mol. The van der Waals surface area contributed by atoms with Gasteiger partial charge >= 0.3 is 0 Å². The van der Waals surface area contributed by atoms with Crippen molar-refractivity contribution in [3.05, 3.63) is 176 Å². The van der Waals surface area contributed by atoms with Gasteiger partial charge in [-0.1, -0.05) is 42.0 Å². The van der Waals surface area contributed by atoms with Crippen LogP contribution in [0.25, 0.3) is 45.1 Å². The van der Waals surface area contributed by atoms with Crippen LogP contribution < -0.4 is 0 Å². The number of ketones is 1. The molecule has 0 atom stereocenters. The number of carbonyl (C=O) groups excluding carboxylic acids is 1. The molecule has 0 aliphatic carbocycles. The summed E-state index contributed by atoms with van der Waals surface area (Å²) in [5.41, 5.74) is 6.20. The van der Waals surface area contributed by atoms with Crippen LogP contribution in [-0.2, 0) is 65.1 Å². The molecule has 3 heterocycles. The molecule has 0 saturated heterocycles. The zero-order valence-electron chi connectivity index (χ0n) is 26.8. The van der Waals surface area contributed by atoms with Crippen LogP contribution in [0.4, 0.5) is 4.39 Å². The first kappa shape index (κ1) is 43.8. The molecule has 0 saturated carbocycles. The Bertz CT molecular complexity index is 1900. The molecule has 0 aliphatic heterocycles. The summed E-state index contributed by atoms with van der Waals surface area (Å²) in [6.07, 6.45) is 4.66. The molecule has 7 aromatic rings. The number of para-hydroxylation sites is 2. The number of halogens is 1. The van der Waals surface area contributed by atoms with Crippen molar-refractivity contribution in [2.75, 3.05) is 0 Å². The summed E-state index contributed by atoms with van der Waals surface area (Å²) in [5, 5.41) is 8.36. The van der Waals surface area contributed by atoms with Crippen molar-refractivity contribution in [3.8, 4) is 34.0 Å². The number of benzene rings is 4. The van der Waals surface area contributed by atoms with Crippen LogP contribution in [0, 0.1) is 24.0 Å². The number of rotatable bonds is 4. The number of oxazole rings is 1. The minimum absolute atomic E-state index is 0. The first-order valence-corrected chi connectivity index (χ1v) is 14.6. The molecule has 0 aliphatic rings. The number of aromatic nitrogens is 3. The molecule has 7 rings (SSSR count). The first-order chi connectivity index (χ1) is 22.9. The number of hydrogen-bond donors (Lipinski definition) is 1. The molecule has 261 valence electrons. The Labute approximate surface area is 332 Å². The minimum Gasteiger partial charge on any atom is -0.512 e. The third-order valence-electron chi connectivity index (χ3n) is 6.01. The van der Waals surface area contributed by atoms with E-state index in [1.807, 2.05) is 109 Å². The monoisotopic (exact) mass is 1200 g/mol. The molecule has 10 heteroatoms. The maximum atomic E-state index is 12.6. The second-order valence-electron chi connectivity index (χ2n) is 9.79. The number of allylic oxidation sites excluding steroid dienone is 2. The van der Waals surface area contributed by atoms with E-state index in [4.69, 9.17) is 9.52 Å². The predicted octanol–water partition coefficient (Wildman–Crippen LogP) is 9.56. The van der Waals surface area contributed by atoms with E-state index in [1.165, 1.54) is 32.1 Å². The minimum atomic E-state index is -0.278. The fourth-order valence-corrected chi connectivity index (χ4v) is 3.97. The topological polar surface area (TPSA) is 89.1 Å². The smallest absolute Gasteiger partial charge is 0.155 e. The van der Waals surface area contributed by atoms with Crippen LogP contribution in [0.15, 0.2) is 156 Å². The predicted molar refractivity (Wildman–Crippen MR) is 182 cm³/mol. The Morgan fingerprint density at radius 2 is 1.22 bits per heavy atom. The number of aliphatic hydroxyl groups excluding tert-OH is 1. The summed E-state index contributed by atoms with van der Waals surface area (Å²) in [4.78, 5) is 22.7. The summed E-state index contributed by atoms with van der Waals surface area (Å²) in [6.45, 7) is 2.85. The van der Waals surface area contributed by atoms with Crippen molar-refractivity contribution >= 4 is 16.9 Å². The van der Waals surface area contributed by atoms with Gasteiger partial charge in [0, 0.05) is 84.6 Å². The van der Waals surface area contributed by atoms with Gasteiger partial charge in [0.05, 0.1) is 11.3 Å². The molecular formula is C40H31FIr3N3O3-3. The molecule has 0 amide bonds. The Hall–Kier alpha value is -4.26. The van der Waals surface area contributed by atoms with Gasteiger partial charge in [-0.2, -0.15) is 0 Å². The average molecular weight is 1200 g/mol. The fourth-order valence-electron chi connectivity index (χ4n) is 3.97. The van der Waals surface area contributed by atoms with E-state index in [1.54, 1.807) is 18.5 Å². The Morgan fingerprint density at radius 3 is 1.66 bits per heavy atom. The molecule has 6 nitrogen and oxygen atoms in total. The summed E-state index contributed by atoms with van der Waals surface area (Å²) >= 11 is 0. The van der Waals surface area contributed by atoms with Crippen LogP contribution >= 0.6 is 0 Å². The van der Waals surface area contributed by atoms with E-state index >= 15 is 0 Å². The van der Waals surface area contributed by atoms with Gasteiger partial charge in [0.2, 0.25) is 0 Å². The van der Waals surface area contributed by atoms with Gasteiger partial charge in [0.1, 0.15) is 11.5 Å². The van der Waals surface area contributed by atoms with E-state index in [0.717, 1.165) is 39.2 Å². The van der Waals surface area contributed by atoms with Gasteiger partial charge in [0.15, 0.2) is 5.78 Å². The molecule has 50 heavy (non-hydrogen) atoms. The molecule has 0 fully saturated rings. The maximum Gasteiger partial charge on any atom is 0.155 e. The van der Waals surface area contributed by atoms with Crippen molar-refractivity contribution in [2.45, 2.75) is 13.8 Å². The molecule has 4 aromatic carbocycles. The van der Waals surface area contributed by atoms with Crippen LogP contribution in [-0.4, -0.2) is 25.8 Å². The number of pyridine rings is 2. The van der Waals surface area contributed by atoms with Gasteiger partial charge in [-0.25, -0.2) is 0 Å². The van der Waals surface area contributed by atoms with Crippen molar-refractivity contribution in [1.29, 1.82) is 0 Å². The van der Waals surface area contributed by atoms with Crippen molar-refractivity contribution in [3.63, 3.8) is 0 Å². The molecule has 0 unspecified atom stereocenters. The maximum absolute atomic E-state index is 12.6. The summed E-state index contributed by atoms with van der Waals surface area (Å²) in [5.74, 6) is 0.281. The average Bonchev–Trinajstić information content (AvgIpc) is 3.55. The number of hydrogen-bond acceptors (Lipinski definition) is 6. The second kappa shape index (κ2) is 24.0.